The van der Waals surface area contributed by atoms with Crippen LogP contribution in [0.4, 0.5) is 0 Å². The minimum absolute atomic E-state index is 0.926. The fourth-order valence-corrected chi connectivity index (χ4v) is 2.45. The van der Waals surface area contributed by atoms with E-state index < -0.39 is 0 Å². The standard InChI is InChI=1S/C18H13NO/c1-12-11-19-16(18-17(12)20-18)15-9-5-8-14(10-15)13-6-3-2-4-7-13/h2-11H,1H3. The van der Waals surface area contributed by atoms with Gasteiger partial charge in [0.1, 0.15) is 5.69 Å². The van der Waals surface area contributed by atoms with Crippen LogP contribution in [0.15, 0.2) is 60.8 Å². The predicted molar refractivity (Wildman–Crippen MR) is 79.9 cm³/mol. The van der Waals surface area contributed by atoms with Crippen LogP contribution >= 0.6 is 0 Å². The van der Waals surface area contributed by atoms with Crippen molar-refractivity contribution < 1.29 is 4.74 Å². The normalized spacial score (nSPS) is 11.7. The first-order chi connectivity index (χ1) is 9.83. The molecule has 0 amide bonds. The van der Waals surface area contributed by atoms with Crippen LogP contribution in [-0.4, -0.2) is 4.98 Å². The van der Waals surface area contributed by atoms with Crippen molar-refractivity contribution in [1.29, 1.82) is 0 Å². The summed E-state index contributed by atoms with van der Waals surface area (Å²) in [4.78, 5) is 4.51. The molecule has 0 N–H and O–H groups in total. The lowest BCUT2D eigenvalue weighted by molar-refractivity contribution is 0.647. The van der Waals surface area contributed by atoms with Crippen molar-refractivity contribution in [3.8, 4) is 33.9 Å². The minimum Gasteiger partial charge on any atom is -0.447 e. The first kappa shape index (κ1) is 11.2. The van der Waals surface area contributed by atoms with E-state index in [2.05, 4.69) is 53.5 Å². The summed E-state index contributed by atoms with van der Waals surface area (Å²) < 4.78 is 5.54. The predicted octanol–water partition coefficient (Wildman–Crippen LogP) is 4.83. The van der Waals surface area contributed by atoms with Crippen molar-refractivity contribution in [2.45, 2.75) is 6.92 Å². The third-order valence-corrected chi connectivity index (χ3v) is 3.57. The summed E-state index contributed by atoms with van der Waals surface area (Å²) in [5.41, 5.74) is 5.54. The average molecular weight is 259 g/mol. The van der Waals surface area contributed by atoms with Crippen LogP contribution in [0.2, 0.25) is 0 Å². The van der Waals surface area contributed by atoms with Crippen LogP contribution in [0.5, 0.6) is 11.5 Å². The van der Waals surface area contributed by atoms with E-state index in [4.69, 9.17) is 4.74 Å². The van der Waals surface area contributed by atoms with E-state index in [9.17, 15) is 0 Å². The zero-order valence-electron chi connectivity index (χ0n) is 11.1. The second-order valence-electron chi connectivity index (χ2n) is 5.00. The summed E-state index contributed by atoms with van der Waals surface area (Å²) in [6.07, 6.45) is 1.87. The van der Waals surface area contributed by atoms with Crippen molar-refractivity contribution in [1.82, 2.24) is 4.98 Å². The summed E-state index contributed by atoms with van der Waals surface area (Å²) >= 11 is 0. The number of aryl methyl sites for hydroxylation is 1. The van der Waals surface area contributed by atoms with Gasteiger partial charge in [-0.25, -0.2) is 0 Å². The SMILES string of the molecule is Cc1cnc(-c2cccc(-c3ccccc3)c2)c2c1O2. The molecule has 0 spiro atoms. The van der Waals surface area contributed by atoms with Gasteiger partial charge in [0.2, 0.25) is 0 Å². The molecule has 2 heterocycles. The zero-order valence-corrected chi connectivity index (χ0v) is 11.1. The van der Waals surface area contributed by atoms with Gasteiger partial charge in [-0.2, -0.15) is 0 Å². The summed E-state index contributed by atoms with van der Waals surface area (Å²) in [5.74, 6) is 1.91. The average Bonchev–Trinajstić information content (AvgIpc) is 3.30. The van der Waals surface area contributed by atoms with E-state index in [1.807, 2.05) is 19.2 Å². The van der Waals surface area contributed by atoms with Gasteiger partial charge in [0.05, 0.1) is 0 Å². The van der Waals surface area contributed by atoms with Crippen LogP contribution in [0.25, 0.3) is 22.4 Å². The van der Waals surface area contributed by atoms with Gasteiger partial charge in [-0.05, 0) is 24.1 Å². The first-order valence-corrected chi connectivity index (χ1v) is 6.66. The number of nitrogens with zero attached hydrogens (tertiary/aromatic N) is 1. The number of aromatic nitrogens is 1. The van der Waals surface area contributed by atoms with Gasteiger partial charge in [-0.1, -0.05) is 48.5 Å². The summed E-state index contributed by atoms with van der Waals surface area (Å²) in [5, 5.41) is 0. The Morgan fingerprint density at radius 1 is 0.800 bits per heavy atom. The van der Waals surface area contributed by atoms with Crippen LogP contribution in [-0.2, 0) is 0 Å². The fraction of sp³-hybridized carbons (Fsp3) is 0.0556. The van der Waals surface area contributed by atoms with Gasteiger partial charge in [0.25, 0.3) is 0 Å². The van der Waals surface area contributed by atoms with Gasteiger partial charge >= 0.3 is 0 Å². The Bertz CT molecular complexity index is 794. The fourth-order valence-electron chi connectivity index (χ4n) is 2.45. The molecule has 20 heavy (non-hydrogen) atoms. The second kappa shape index (κ2) is 4.20. The lowest BCUT2D eigenvalue weighted by Crippen LogP contribution is -1.83. The molecule has 1 aliphatic rings. The molecule has 4 rings (SSSR count). The van der Waals surface area contributed by atoms with Gasteiger partial charge in [0.15, 0.2) is 11.5 Å². The maximum absolute atomic E-state index is 5.54. The topological polar surface area (TPSA) is 25.4 Å². The molecule has 2 aromatic carbocycles. The number of benzene rings is 2. The largest absolute Gasteiger partial charge is 0.447 e. The molecule has 0 radical (unpaired) electrons. The second-order valence-corrected chi connectivity index (χ2v) is 5.00. The van der Waals surface area contributed by atoms with Crippen LogP contribution in [0, 0.1) is 6.92 Å². The summed E-state index contributed by atoms with van der Waals surface area (Å²) in [6, 6.07) is 18.8. The van der Waals surface area contributed by atoms with Crippen molar-refractivity contribution in [2.75, 3.05) is 0 Å². The highest BCUT2D eigenvalue weighted by Gasteiger charge is 2.29. The third-order valence-electron chi connectivity index (χ3n) is 3.57. The van der Waals surface area contributed by atoms with E-state index >= 15 is 0 Å². The molecule has 2 nitrogen and oxygen atoms in total. The van der Waals surface area contributed by atoms with Gasteiger partial charge in [-0.15, -0.1) is 0 Å². The minimum atomic E-state index is 0.926. The van der Waals surface area contributed by atoms with Gasteiger partial charge in [-0.3, -0.25) is 4.98 Å². The molecule has 0 atom stereocenters. The molecule has 0 fully saturated rings. The highest BCUT2D eigenvalue weighted by atomic mass is 16.6. The molecular formula is C18H13NO. The molecule has 0 saturated carbocycles. The Morgan fingerprint density at radius 2 is 1.55 bits per heavy atom. The summed E-state index contributed by atoms with van der Waals surface area (Å²) in [7, 11) is 0. The van der Waals surface area contributed by atoms with E-state index in [0.717, 1.165) is 28.3 Å². The summed E-state index contributed by atoms with van der Waals surface area (Å²) in [6.45, 7) is 2.02. The molecule has 0 unspecified atom stereocenters. The van der Waals surface area contributed by atoms with Gasteiger partial charge in [0, 0.05) is 17.3 Å². The van der Waals surface area contributed by atoms with E-state index in [-0.39, 0.29) is 0 Å². The lowest BCUT2D eigenvalue weighted by atomic mass is 10.0. The zero-order chi connectivity index (χ0) is 13.5. The Kier molecular flexibility index (Phi) is 2.36. The van der Waals surface area contributed by atoms with Crippen LogP contribution in [0.1, 0.15) is 5.56 Å². The van der Waals surface area contributed by atoms with Crippen molar-refractivity contribution in [3.63, 3.8) is 0 Å². The molecule has 0 bridgehead atoms. The number of rotatable bonds is 2. The Hall–Kier alpha value is -2.61. The van der Waals surface area contributed by atoms with E-state index in [0.29, 0.717) is 0 Å². The smallest absolute Gasteiger partial charge is 0.196 e. The number of fused-ring (bicyclic) bond motifs is 1. The maximum atomic E-state index is 5.54. The van der Waals surface area contributed by atoms with Crippen molar-refractivity contribution >= 4 is 0 Å². The molecular weight excluding hydrogens is 246 g/mol. The molecule has 0 saturated heterocycles. The van der Waals surface area contributed by atoms with Crippen molar-refractivity contribution in [2.24, 2.45) is 0 Å². The third kappa shape index (κ3) is 1.77. The monoisotopic (exact) mass is 259 g/mol. The first-order valence-electron chi connectivity index (χ1n) is 6.66. The Balaban J connectivity index is 1.81. The number of hydrogen-bond donors (Lipinski definition) is 0. The molecule has 3 aromatic rings. The molecule has 96 valence electrons. The number of pyridine rings is 1. The highest BCUT2D eigenvalue weighted by molar-refractivity contribution is 5.80. The van der Waals surface area contributed by atoms with Crippen molar-refractivity contribution in [3.05, 3.63) is 66.4 Å². The van der Waals surface area contributed by atoms with E-state index in [1.54, 1.807) is 0 Å². The van der Waals surface area contributed by atoms with Crippen LogP contribution in [0.3, 0.4) is 0 Å². The van der Waals surface area contributed by atoms with E-state index in [1.165, 1.54) is 11.1 Å². The van der Waals surface area contributed by atoms with Gasteiger partial charge < -0.3 is 4.74 Å². The molecule has 2 heteroatoms. The lowest BCUT2D eigenvalue weighted by Gasteiger charge is -2.04. The molecule has 0 aliphatic carbocycles. The number of hydrogen-bond acceptors (Lipinski definition) is 2. The Morgan fingerprint density at radius 3 is 2.40 bits per heavy atom. The molecule has 1 aliphatic heterocycles. The maximum Gasteiger partial charge on any atom is 0.196 e. The Labute approximate surface area is 117 Å². The van der Waals surface area contributed by atoms with Crippen LogP contribution < -0.4 is 4.74 Å². The molecule has 1 aromatic heterocycles. The quantitative estimate of drug-likeness (QED) is 0.482. The highest BCUT2D eigenvalue weighted by Crippen LogP contribution is 2.53. The number of ether oxygens (including phenoxy) is 1.